The minimum absolute atomic E-state index is 0.0653. The van der Waals surface area contributed by atoms with Gasteiger partial charge < -0.3 is 20.5 Å². The van der Waals surface area contributed by atoms with E-state index in [4.69, 9.17) is 36.8 Å². The number of benzene rings is 3. The van der Waals surface area contributed by atoms with Crippen LogP contribution >= 0.6 is 34.7 Å². The zero-order valence-corrected chi connectivity index (χ0v) is 23.5. The van der Waals surface area contributed by atoms with Crippen molar-refractivity contribution >= 4 is 84.8 Å². The number of thiazole rings is 1. The monoisotopic (exact) mass is 592 g/mol. The maximum Gasteiger partial charge on any atom is 0.339 e. The average molecular weight is 593 g/mol. The molecule has 2 heterocycles. The molecule has 0 bridgehead atoms. The molecule has 202 valence electrons. The maximum atomic E-state index is 13.6. The molecule has 0 fully saturated rings. The molecule has 40 heavy (non-hydrogen) atoms. The minimum Gasteiger partial charge on any atom is -0.465 e. The van der Waals surface area contributed by atoms with Crippen LogP contribution in [0, 0.1) is 0 Å². The number of hydrogen-bond donors (Lipinski definition) is 2. The molecule has 3 N–H and O–H groups in total. The van der Waals surface area contributed by atoms with Crippen molar-refractivity contribution in [2.75, 3.05) is 19.5 Å². The number of esters is 2. The molecular weight excluding hydrogens is 572 g/mol. The molecule has 1 unspecified atom stereocenters. The number of aliphatic imine (C=N–C) groups is 1. The molecule has 5 rings (SSSR count). The van der Waals surface area contributed by atoms with E-state index in [1.54, 1.807) is 24.3 Å². The van der Waals surface area contributed by atoms with Crippen molar-refractivity contribution in [2.45, 2.75) is 5.25 Å². The number of nitrogens with zero attached hydrogens (tertiary/aromatic N) is 2. The molecule has 9 nitrogen and oxygen atoms in total. The second kappa shape index (κ2) is 11.5. The quantitative estimate of drug-likeness (QED) is 0.273. The Morgan fingerprint density at radius 1 is 1.00 bits per heavy atom. The van der Waals surface area contributed by atoms with E-state index in [0.29, 0.717) is 26.3 Å². The molecule has 1 amide bonds. The lowest BCUT2D eigenvalue weighted by Crippen LogP contribution is -2.29. The zero-order chi connectivity index (χ0) is 28.4. The summed E-state index contributed by atoms with van der Waals surface area (Å²) >= 11 is 8.64. The van der Waals surface area contributed by atoms with E-state index in [1.807, 2.05) is 24.3 Å². The molecule has 1 aliphatic heterocycles. The first kappa shape index (κ1) is 27.4. The van der Waals surface area contributed by atoms with Crippen LogP contribution in [0.25, 0.3) is 15.8 Å². The van der Waals surface area contributed by atoms with Gasteiger partial charge in [-0.25, -0.2) is 19.6 Å². The van der Waals surface area contributed by atoms with Gasteiger partial charge in [0.1, 0.15) is 15.3 Å². The van der Waals surface area contributed by atoms with Crippen molar-refractivity contribution in [2.24, 2.45) is 10.7 Å². The van der Waals surface area contributed by atoms with Crippen LogP contribution in [-0.2, 0) is 14.3 Å². The molecule has 0 spiro atoms. The van der Waals surface area contributed by atoms with E-state index < -0.39 is 23.1 Å². The Balaban J connectivity index is 1.55. The summed E-state index contributed by atoms with van der Waals surface area (Å²) in [5, 5.41) is 3.53. The van der Waals surface area contributed by atoms with Gasteiger partial charge in [0.15, 0.2) is 0 Å². The first-order chi connectivity index (χ1) is 19.3. The van der Waals surface area contributed by atoms with Crippen molar-refractivity contribution in [1.29, 1.82) is 0 Å². The van der Waals surface area contributed by atoms with Crippen molar-refractivity contribution < 1.29 is 23.9 Å². The number of amides is 1. The molecular formula is C28H21ClN4O5S2. The van der Waals surface area contributed by atoms with E-state index in [2.05, 4.69) is 5.32 Å². The van der Waals surface area contributed by atoms with E-state index in [1.165, 1.54) is 43.8 Å². The van der Waals surface area contributed by atoms with Crippen molar-refractivity contribution in [3.8, 4) is 0 Å². The fraction of sp³-hybridized carbons (Fsp3) is 0.107. The van der Waals surface area contributed by atoms with Crippen LogP contribution in [-0.4, -0.2) is 47.3 Å². The number of halogens is 1. The Kier molecular flexibility index (Phi) is 7.88. The van der Waals surface area contributed by atoms with Gasteiger partial charge in [0.05, 0.1) is 52.5 Å². The smallest absolute Gasteiger partial charge is 0.339 e. The number of hydrogen-bond acceptors (Lipinski definition) is 10. The van der Waals surface area contributed by atoms with Crippen LogP contribution < -0.4 is 11.1 Å². The second-order valence-electron chi connectivity index (χ2n) is 8.44. The van der Waals surface area contributed by atoms with Crippen molar-refractivity contribution in [3.05, 3.63) is 93.6 Å². The number of carbonyl (C=O) groups is 3. The SMILES string of the molecule is COC(=O)c1ccc(C(=O)OC)c(NC(=O)C2SC(=Nc3ccc(Cl)cc3)C(c3nc4ccccc4s3)=C2N)c1. The standard InChI is InChI=1S/C28H21ClN4O5S2/c1-37-27(35)14-7-12-17(28(36)38-2)19(13-14)32-24(34)23-22(30)21(26-33-18-5-3-4-6-20(18)39-26)25(40-23)31-16-10-8-15(29)9-11-16/h3-13,23H,30H2,1-2H3,(H,32,34). The third-order valence-corrected chi connectivity index (χ3v) is 8.45. The number of fused-ring (bicyclic) bond motifs is 1. The third kappa shape index (κ3) is 5.44. The third-order valence-electron chi connectivity index (χ3n) is 5.92. The molecule has 3 aromatic carbocycles. The van der Waals surface area contributed by atoms with Gasteiger partial charge in [-0.3, -0.25) is 4.79 Å². The molecule has 0 aliphatic carbocycles. The first-order valence-electron chi connectivity index (χ1n) is 11.8. The van der Waals surface area contributed by atoms with Crippen LogP contribution in [0.5, 0.6) is 0 Å². The van der Waals surface area contributed by atoms with E-state index in [9.17, 15) is 14.4 Å². The van der Waals surface area contributed by atoms with Gasteiger partial charge in [0.25, 0.3) is 0 Å². The van der Waals surface area contributed by atoms with E-state index >= 15 is 0 Å². The predicted octanol–water partition coefficient (Wildman–Crippen LogP) is 5.68. The number of nitrogens with two attached hydrogens (primary N) is 1. The number of thioether (sulfide) groups is 1. The summed E-state index contributed by atoms with van der Waals surface area (Å²) < 4.78 is 10.6. The van der Waals surface area contributed by atoms with Gasteiger partial charge in [-0.15, -0.1) is 11.3 Å². The molecule has 12 heteroatoms. The van der Waals surface area contributed by atoms with Gasteiger partial charge in [-0.2, -0.15) is 0 Å². The first-order valence-corrected chi connectivity index (χ1v) is 13.8. The van der Waals surface area contributed by atoms with Crippen molar-refractivity contribution in [3.63, 3.8) is 0 Å². The molecule has 0 radical (unpaired) electrons. The van der Waals surface area contributed by atoms with E-state index in [-0.39, 0.29) is 22.5 Å². The summed E-state index contributed by atoms with van der Waals surface area (Å²) in [4.78, 5) is 47.6. The summed E-state index contributed by atoms with van der Waals surface area (Å²) in [7, 11) is 2.46. The number of para-hydroxylation sites is 1. The number of anilines is 1. The minimum atomic E-state index is -0.902. The number of ether oxygens (including phenoxy) is 2. The highest BCUT2D eigenvalue weighted by atomic mass is 35.5. The van der Waals surface area contributed by atoms with Crippen LogP contribution in [0.4, 0.5) is 11.4 Å². The summed E-state index contributed by atoms with van der Waals surface area (Å²) in [5.41, 5.74) is 9.15. The average Bonchev–Trinajstić information content (AvgIpc) is 3.53. The fourth-order valence-electron chi connectivity index (χ4n) is 3.97. The van der Waals surface area contributed by atoms with Crippen LogP contribution in [0.3, 0.4) is 0 Å². The predicted molar refractivity (Wildman–Crippen MR) is 158 cm³/mol. The van der Waals surface area contributed by atoms with Gasteiger partial charge in [0, 0.05) is 10.7 Å². The number of rotatable bonds is 6. The molecule has 1 atom stereocenters. The van der Waals surface area contributed by atoms with Gasteiger partial charge in [-0.05, 0) is 54.6 Å². The van der Waals surface area contributed by atoms with Gasteiger partial charge in [-0.1, -0.05) is 35.5 Å². The number of carbonyl (C=O) groups excluding carboxylic acids is 3. The van der Waals surface area contributed by atoms with Gasteiger partial charge >= 0.3 is 11.9 Å². The van der Waals surface area contributed by atoms with Crippen LogP contribution in [0.15, 0.2) is 77.4 Å². The largest absolute Gasteiger partial charge is 0.465 e. The normalized spacial score (nSPS) is 15.9. The molecule has 1 aliphatic rings. The Morgan fingerprint density at radius 3 is 2.42 bits per heavy atom. The second-order valence-corrected chi connectivity index (χ2v) is 11.0. The highest BCUT2D eigenvalue weighted by molar-refractivity contribution is 8.16. The lowest BCUT2D eigenvalue weighted by Gasteiger charge is -2.14. The number of aromatic nitrogens is 1. The number of nitrogens with one attached hydrogen (secondary N) is 1. The Hall–Kier alpha value is -4.19. The zero-order valence-electron chi connectivity index (χ0n) is 21.1. The summed E-state index contributed by atoms with van der Waals surface area (Å²) in [6.45, 7) is 0. The molecule has 0 saturated heterocycles. The topological polar surface area (TPSA) is 133 Å². The Labute approximate surface area is 242 Å². The lowest BCUT2D eigenvalue weighted by molar-refractivity contribution is -0.115. The lowest BCUT2D eigenvalue weighted by atomic mass is 10.1. The molecule has 0 saturated carbocycles. The fourth-order valence-corrected chi connectivity index (χ4v) is 6.32. The highest BCUT2D eigenvalue weighted by Crippen LogP contribution is 2.42. The van der Waals surface area contributed by atoms with Gasteiger partial charge in [0.2, 0.25) is 5.91 Å². The number of methoxy groups -OCH3 is 2. The molecule has 1 aromatic heterocycles. The summed E-state index contributed by atoms with van der Waals surface area (Å²) in [6, 6.07) is 18.8. The van der Waals surface area contributed by atoms with Crippen molar-refractivity contribution in [1.82, 2.24) is 4.98 Å². The molecule has 4 aromatic rings. The van der Waals surface area contributed by atoms with Crippen LogP contribution in [0.2, 0.25) is 5.02 Å². The Bertz CT molecular complexity index is 1680. The Morgan fingerprint density at radius 2 is 1.73 bits per heavy atom. The maximum absolute atomic E-state index is 13.6. The summed E-state index contributed by atoms with van der Waals surface area (Å²) in [5.74, 6) is -1.83. The van der Waals surface area contributed by atoms with Crippen LogP contribution in [0.1, 0.15) is 25.7 Å². The van der Waals surface area contributed by atoms with E-state index in [0.717, 1.165) is 22.0 Å². The summed E-state index contributed by atoms with van der Waals surface area (Å²) in [6.07, 6.45) is 0. The highest BCUT2D eigenvalue weighted by Gasteiger charge is 2.37.